The molecule has 0 bridgehead atoms. The molecule has 1 aliphatic heterocycles. The van der Waals surface area contributed by atoms with Gasteiger partial charge in [0.1, 0.15) is 0 Å². The Labute approximate surface area is 145 Å². The van der Waals surface area contributed by atoms with Gasteiger partial charge >= 0.3 is 0 Å². The number of amides is 1. The van der Waals surface area contributed by atoms with E-state index in [-0.39, 0.29) is 11.8 Å². The SMILES string of the molecule is O=C(NCC1CCCN(S(=O)(=O)c2ccsc2)C1)c1cccnc1. The first kappa shape index (κ1) is 17.1. The predicted octanol–water partition coefficient (Wildman–Crippen LogP) is 1.97. The van der Waals surface area contributed by atoms with Crippen molar-refractivity contribution >= 4 is 27.3 Å². The van der Waals surface area contributed by atoms with Crippen LogP contribution < -0.4 is 5.32 Å². The van der Waals surface area contributed by atoms with E-state index in [1.807, 2.05) is 0 Å². The molecule has 1 amide bonds. The van der Waals surface area contributed by atoms with Crippen LogP contribution in [-0.4, -0.2) is 43.2 Å². The van der Waals surface area contributed by atoms with E-state index in [0.717, 1.165) is 12.8 Å². The Morgan fingerprint density at radius 3 is 3.00 bits per heavy atom. The molecule has 1 fully saturated rings. The second kappa shape index (κ2) is 7.42. The third-order valence-electron chi connectivity index (χ3n) is 4.09. The lowest BCUT2D eigenvalue weighted by Crippen LogP contribution is -2.43. The van der Waals surface area contributed by atoms with Crippen molar-refractivity contribution in [3.05, 3.63) is 46.9 Å². The van der Waals surface area contributed by atoms with Crippen LogP contribution in [-0.2, 0) is 10.0 Å². The molecule has 0 aliphatic carbocycles. The van der Waals surface area contributed by atoms with Crippen molar-refractivity contribution in [3.8, 4) is 0 Å². The summed E-state index contributed by atoms with van der Waals surface area (Å²) in [5.74, 6) is -0.0614. The van der Waals surface area contributed by atoms with Crippen LogP contribution in [0, 0.1) is 5.92 Å². The average Bonchev–Trinajstić information content (AvgIpc) is 3.16. The number of piperidine rings is 1. The molecule has 2 aromatic rings. The molecule has 1 N–H and O–H groups in total. The van der Waals surface area contributed by atoms with Crippen molar-refractivity contribution in [1.29, 1.82) is 0 Å². The first-order valence-corrected chi connectivity index (χ1v) is 10.2. The van der Waals surface area contributed by atoms with Crippen molar-refractivity contribution in [2.45, 2.75) is 17.7 Å². The van der Waals surface area contributed by atoms with Crippen molar-refractivity contribution in [2.75, 3.05) is 19.6 Å². The lowest BCUT2D eigenvalue weighted by atomic mass is 9.99. The maximum Gasteiger partial charge on any atom is 0.252 e. The number of hydrogen-bond donors (Lipinski definition) is 1. The van der Waals surface area contributed by atoms with Crippen molar-refractivity contribution in [1.82, 2.24) is 14.6 Å². The van der Waals surface area contributed by atoms with Gasteiger partial charge in [0.15, 0.2) is 0 Å². The Morgan fingerprint density at radius 2 is 2.29 bits per heavy atom. The van der Waals surface area contributed by atoms with E-state index in [4.69, 9.17) is 0 Å². The number of nitrogens with zero attached hydrogens (tertiary/aromatic N) is 2. The fourth-order valence-electron chi connectivity index (χ4n) is 2.80. The molecule has 3 rings (SSSR count). The van der Waals surface area contributed by atoms with E-state index in [0.29, 0.717) is 30.1 Å². The lowest BCUT2D eigenvalue weighted by Gasteiger charge is -2.31. The number of nitrogens with one attached hydrogen (secondary N) is 1. The maximum atomic E-state index is 12.6. The lowest BCUT2D eigenvalue weighted by molar-refractivity contribution is 0.0941. The van der Waals surface area contributed by atoms with E-state index in [1.54, 1.807) is 35.2 Å². The molecule has 128 valence electrons. The smallest absolute Gasteiger partial charge is 0.252 e. The van der Waals surface area contributed by atoms with Gasteiger partial charge in [-0.05, 0) is 42.3 Å². The van der Waals surface area contributed by atoms with Gasteiger partial charge in [-0.25, -0.2) is 8.42 Å². The highest BCUT2D eigenvalue weighted by atomic mass is 32.2. The van der Waals surface area contributed by atoms with Gasteiger partial charge in [0.05, 0.1) is 10.5 Å². The fourth-order valence-corrected chi connectivity index (χ4v) is 5.37. The summed E-state index contributed by atoms with van der Waals surface area (Å²) < 4.78 is 26.7. The zero-order valence-corrected chi connectivity index (χ0v) is 14.7. The normalized spacial score (nSPS) is 19.1. The summed E-state index contributed by atoms with van der Waals surface area (Å²) in [5, 5.41) is 6.30. The maximum absolute atomic E-state index is 12.6. The molecule has 24 heavy (non-hydrogen) atoms. The minimum Gasteiger partial charge on any atom is -0.352 e. The summed E-state index contributed by atoms with van der Waals surface area (Å²) in [7, 11) is -3.42. The van der Waals surface area contributed by atoms with Gasteiger partial charge in [0.25, 0.3) is 5.91 Å². The second-order valence-electron chi connectivity index (χ2n) is 5.78. The standard InChI is InChI=1S/C16H19N3O3S2/c20-16(14-4-1-6-17-10-14)18-9-13-3-2-7-19(11-13)24(21,22)15-5-8-23-12-15/h1,4-6,8,10,12-13H,2-3,7,9,11H2,(H,18,20). The minimum atomic E-state index is -3.42. The quantitative estimate of drug-likeness (QED) is 0.879. The van der Waals surface area contributed by atoms with Crippen LogP contribution >= 0.6 is 11.3 Å². The monoisotopic (exact) mass is 365 g/mol. The largest absolute Gasteiger partial charge is 0.352 e. The van der Waals surface area contributed by atoms with Crippen LogP contribution in [0.5, 0.6) is 0 Å². The molecule has 1 aliphatic rings. The zero-order valence-electron chi connectivity index (χ0n) is 13.1. The Morgan fingerprint density at radius 1 is 1.42 bits per heavy atom. The van der Waals surface area contributed by atoms with Gasteiger partial charge in [-0.15, -0.1) is 0 Å². The van der Waals surface area contributed by atoms with Crippen LogP contribution in [0.4, 0.5) is 0 Å². The Hall–Kier alpha value is -1.77. The number of pyridine rings is 1. The second-order valence-corrected chi connectivity index (χ2v) is 8.50. The number of rotatable bonds is 5. The molecule has 8 heteroatoms. The van der Waals surface area contributed by atoms with Gasteiger partial charge in [-0.1, -0.05) is 0 Å². The Bertz CT molecular complexity index is 776. The van der Waals surface area contributed by atoms with Crippen molar-refractivity contribution in [2.24, 2.45) is 5.92 Å². The first-order chi connectivity index (χ1) is 11.6. The molecule has 0 aromatic carbocycles. The molecule has 6 nitrogen and oxygen atoms in total. The van der Waals surface area contributed by atoms with E-state index >= 15 is 0 Å². The molecule has 1 atom stereocenters. The third kappa shape index (κ3) is 3.82. The van der Waals surface area contributed by atoms with Gasteiger partial charge in [-0.3, -0.25) is 9.78 Å². The minimum absolute atomic E-state index is 0.118. The highest BCUT2D eigenvalue weighted by Gasteiger charge is 2.30. The molecule has 0 saturated carbocycles. The molecule has 3 heterocycles. The topological polar surface area (TPSA) is 79.4 Å². The first-order valence-electron chi connectivity index (χ1n) is 7.78. The van der Waals surface area contributed by atoms with Gasteiger partial charge < -0.3 is 5.32 Å². The van der Waals surface area contributed by atoms with Gasteiger partial charge in [0.2, 0.25) is 10.0 Å². The number of aromatic nitrogens is 1. The molecule has 0 radical (unpaired) electrons. The Kier molecular flexibility index (Phi) is 5.27. The van der Waals surface area contributed by atoms with Crippen molar-refractivity contribution < 1.29 is 13.2 Å². The number of hydrogen-bond acceptors (Lipinski definition) is 5. The summed E-state index contributed by atoms with van der Waals surface area (Å²) in [6, 6.07) is 5.05. The van der Waals surface area contributed by atoms with E-state index in [2.05, 4.69) is 10.3 Å². The average molecular weight is 365 g/mol. The molecule has 1 unspecified atom stereocenters. The summed E-state index contributed by atoms with van der Waals surface area (Å²) >= 11 is 1.37. The summed E-state index contributed by atoms with van der Waals surface area (Å²) in [6.07, 6.45) is 4.84. The molecule has 2 aromatic heterocycles. The summed E-state index contributed by atoms with van der Waals surface area (Å²) in [5.41, 5.74) is 0.510. The predicted molar refractivity (Wildman–Crippen MR) is 92.4 cm³/mol. The van der Waals surface area contributed by atoms with Gasteiger partial charge in [0, 0.05) is 37.4 Å². The van der Waals surface area contributed by atoms with Crippen LogP contribution in [0.1, 0.15) is 23.2 Å². The van der Waals surface area contributed by atoms with E-state index in [9.17, 15) is 13.2 Å². The van der Waals surface area contributed by atoms with E-state index < -0.39 is 10.0 Å². The molecule has 1 saturated heterocycles. The molecular weight excluding hydrogens is 346 g/mol. The molecular formula is C16H19N3O3S2. The summed E-state index contributed by atoms with van der Waals surface area (Å²) in [4.78, 5) is 16.4. The highest BCUT2D eigenvalue weighted by Crippen LogP contribution is 2.24. The number of carbonyl (C=O) groups is 1. The highest BCUT2D eigenvalue weighted by molar-refractivity contribution is 7.89. The number of carbonyl (C=O) groups excluding carboxylic acids is 1. The molecule has 0 spiro atoms. The van der Waals surface area contributed by atoms with Crippen LogP contribution in [0.25, 0.3) is 0 Å². The zero-order chi connectivity index (χ0) is 17.0. The number of thiophene rings is 1. The van der Waals surface area contributed by atoms with E-state index in [1.165, 1.54) is 21.8 Å². The van der Waals surface area contributed by atoms with Crippen LogP contribution in [0.3, 0.4) is 0 Å². The Balaban J connectivity index is 1.59. The van der Waals surface area contributed by atoms with Crippen LogP contribution in [0.2, 0.25) is 0 Å². The third-order valence-corrected chi connectivity index (χ3v) is 6.78. The number of sulfonamides is 1. The van der Waals surface area contributed by atoms with Crippen molar-refractivity contribution in [3.63, 3.8) is 0 Å². The van der Waals surface area contributed by atoms with Crippen LogP contribution in [0.15, 0.2) is 46.2 Å². The van der Waals surface area contributed by atoms with Gasteiger partial charge in [-0.2, -0.15) is 15.6 Å². The fraction of sp³-hybridized carbons (Fsp3) is 0.375. The summed E-state index contributed by atoms with van der Waals surface area (Å²) in [6.45, 7) is 1.43.